The van der Waals surface area contributed by atoms with Crippen molar-refractivity contribution in [1.29, 1.82) is 0 Å². The van der Waals surface area contributed by atoms with Crippen LogP contribution in [0.3, 0.4) is 0 Å². The standard InChI is InChI=1S/C15H11F5O2/c1-10-5-2-3-8-13(10)21-11-6-4-7-12(9-11)22-15(19,20)14(16,17)18/h2-9H,1H3. The molecular formula is C15H11F5O2. The number of rotatable bonds is 4. The maximum absolute atomic E-state index is 12.9. The van der Waals surface area contributed by atoms with Crippen LogP contribution in [0.1, 0.15) is 5.56 Å². The third-order valence-electron chi connectivity index (χ3n) is 2.70. The first kappa shape index (κ1) is 16.1. The molecule has 118 valence electrons. The average molecular weight is 318 g/mol. The van der Waals surface area contributed by atoms with Crippen molar-refractivity contribution in [3.8, 4) is 17.2 Å². The van der Waals surface area contributed by atoms with E-state index >= 15 is 0 Å². The lowest BCUT2D eigenvalue weighted by atomic mass is 10.2. The summed E-state index contributed by atoms with van der Waals surface area (Å²) >= 11 is 0. The molecule has 0 N–H and O–H groups in total. The Balaban J connectivity index is 2.19. The summed E-state index contributed by atoms with van der Waals surface area (Å²) in [5.41, 5.74) is 0.787. The van der Waals surface area contributed by atoms with E-state index in [2.05, 4.69) is 4.74 Å². The van der Waals surface area contributed by atoms with Gasteiger partial charge in [-0.1, -0.05) is 24.3 Å². The van der Waals surface area contributed by atoms with Gasteiger partial charge in [0.15, 0.2) is 0 Å². The van der Waals surface area contributed by atoms with E-state index in [1.54, 1.807) is 31.2 Å². The molecule has 0 aromatic heterocycles. The highest BCUT2D eigenvalue weighted by Gasteiger charge is 2.61. The van der Waals surface area contributed by atoms with Gasteiger partial charge in [-0.3, -0.25) is 0 Å². The Kier molecular flexibility index (Phi) is 4.25. The van der Waals surface area contributed by atoms with Gasteiger partial charge in [-0.05, 0) is 30.7 Å². The molecule has 7 heteroatoms. The van der Waals surface area contributed by atoms with Crippen molar-refractivity contribution in [3.05, 3.63) is 54.1 Å². The molecule has 0 saturated carbocycles. The molecule has 0 saturated heterocycles. The maximum Gasteiger partial charge on any atom is 0.499 e. The minimum atomic E-state index is -5.79. The Morgan fingerprint density at radius 2 is 1.45 bits per heavy atom. The minimum Gasteiger partial charge on any atom is -0.457 e. The molecule has 0 fully saturated rings. The largest absolute Gasteiger partial charge is 0.499 e. The van der Waals surface area contributed by atoms with Crippen molar-refractivity contribution < 1.29 is 31.4 Å². The van der Waals surface area contributed by atoms with Crippen LogP contribution in [-0.4, -0.2) is 12.3 Å². The Morgan fingerprint density at radius 1 is 0.818 bits per heavy atom. The molecule has 0 aliphatic rings. The number of ether oxygens (including phenoxy) is 2. The molecule has 0 bridgehead atoms. The molecule has 2 aromatic rings. The monoisotopic (exact) mass is 318 g/mol. The summed E-state index contributed by atoms with van der Waals surface area (Å²) in [5.74, 6) is -0.0968. The summed E-state index contributed by atoms with van der Waals surface area (Å²) in [4.78, 5) is 0. The maximum atomic E-state index is 12.9. The molecular weight excluding hydrogens is 307 g/mol. The molecule has 0 spiro atoms. The highest BCUT2D eigenvalue weighted by Crippen LogP contribution is 2.38. The van der Waals surface area contributed by atoms with E-state index < -0.39 is 18.0 Å². The van der Waals surface area contributed by atoms with Crippen LogP contribution in [0.25, 0.3) is 0 Å². The van der Waals surface area contributed by atoms with Crippen LogP contribution in [0, 0.1) is 6.92 Å². The van der Waals surface area contributed by atoms with Gasteiger partial charge in [0, 0.05) is 6.07 Å². The van der Waals surface area contributed by atoms with Crippen molar-refractivity contribution in [3.63, 3.8) is 0 Å². The first-order chi connectivity index (χ1) is 10.2. The second-order valence-corrected chi connectivity index (χ2v) is 4.46. The van der Waals surface area contributed by atoms with Gasteiger partial charge in [0.05, 0.1) is 0 Å². The van der Waals surface area contributed by atoms with Crippen LogP contribution in [0.4, 0.5) is 22.0 Å². The number of hydrogen-bond donors (Lipinski definition) is 0. The fraction of sp³-hybridized carbons (Fsp3) is 0.200. The number of benzene rings is 2. The summed E-state index contributed by atoms with van der Waals surface area (Å²) in [5, 5.41) is 0. The van der Waals surface area contributed by atoms with Crippen LogP contribution >= 0.6 is 0 Å². The summed E-state index contributed by atoms with van der Waals surface area (Å²) in [7, 11) is 0. The van der Waals surface area contributed by atoms with Crippen molar-refractivity contribution in [2.45, 2.75) is 19.2 Å². The number of alkyl halides is 5. The van der Waals surface area contributed by atoms with Gasteiger partial charge >= 0.3 is 12.3 Å². The Hall–Kier alpha value is -2.31. The van der Waals surface area contributed by atoms with Crippen LogP contribution in [0.5, 0.6) is 17.2 Å². The van der Waals surface area contributed by atoms with Gasteiger partial charge in [0.1, 0.15) is 17.2 Å². The molecule has 22 heavy (non-hydrogen) atoms. The predicted octanol–water partition coefficient (Wildman–Crippen LogP) is 5.32. The zero-order valence-electron chi connectivity index (χ0n) is 11.3. The lowest BCUT2D eigenvalue weighted by Crippen LogP contribution is -2.41. The third-order valence-corrected chi connectivity index (χ3v) is 2.70. The highest BCUT2D eigenvalue weighted by molar-refractivity contribution is 5.39. The fourth-order valence-corrected chi connectivity index (χ4v) is 1.60. The van der Waals surface area contributed by atoms with Crippen LogP contribution < -0.4 is 9.47 Å². The first-order valence-electron chi connectivity index (χ1n) is 6.16. The zero-order valence-corrected chi connectivity index (χ0v) is 11.3. The fourth-order valence-electron chi connectivity index (χ4n) is 1.60. The number of hydrogen-bond acceptors (Lipinski definition) is 2. The molecule has 0 unspecified atom stereocenters. The van der Waals surface area contributed by atoms with E-state index in [1.165, 1.54) is 12.1 Å². The molecule has 0 amide bonds. The van der Waals surface area contributed by atoms with Gasteiger partial charge in [0.25, 0.3) is 0 Å². The van der Waals surface area contributed by atoms with E-state index in [1.807, 2.05) is 0 Å². The SMILES string of the molecule is Cc1ccccc1Oc1cccc(OC(F)(F)C(F)(F)F)c1. The summed E-state index contributed by atoms with van der Waals surface area (Å²) in [6, 6.07) is 11.5. The molecule has 2 rings (SSSR count). The predicted molar refractivity (Wildman–Crippen MR) is 69.3 cm³/mol. The van der Waals surface area contributed by atoms with Crippen molar-refractivity contribution in [1.82, 2.24) is 0 Å². The average Bonchev–Trinajstić information content (AvgIpc) is 2.40. The second kappa shape index (κ2) is 5.82. The summed E-state index contributed by atoms with van der Waals surface area (Å²) in [6.07, 6.45) is -11.1. The summed E-state index contributed by atoms with van der Waals surface area (Å²) in [6.45, 7) is 1.77. The second-order valence-electron chi connectivity index (χ2n) is 4.46. The van der Waals surface area contributed by atoms with Crippen molar-refractivity contribution >= 4 is 0 Å². The molecule has 0 aliphatic carbocycles. The van der Waals surface area contributed by atoms with Gasteiger partial charge in [-0.15, -0.1) is 0 Å². The van der Waals surface area contributed by atoms with Gasteiger partial charge in [-0.2, -0.15) is 22.0 Å². The van der Waals surface area contributed by atoms with E-state index in [9.17, 15) is 22.0 Å². The van der Waals surface area contributed by atoms with Crippen LogP contribution in [0.2, 0.25) is 0 Å². The normalized spacial score (nSPS) is 12.1. The smallest absolute Gasteiger partial charge is 0.457 e. The molecule has 0 atom stereocenters. The van der Waals surface area contributed by atoms with Crippen LogP contribution in [-0.2, 0) is 0 Å². The van der Waals surface area contributed by atoms with Crippen LogP contribution in [0.15, 0.2) is 48.5 Å². The first-order valence-corrected chi connectivity index (χ1v) is 6.16. The topological polar surface area (TPSA) is 18.5 Å². The quantitative estimate of drug-likeness (QED) is 0.710. The Labute approximate surface area is 123 Å². The molecule has 0 aliphatic heterocycles. The molecule has 0 radical (unpaired) electrons. The third kappa shape index (κ3) is 3.66. The van der Waals surface area contributed by atoms with Gasteiger partial charge in [0.2, 0.25) is 0 Å². The highest BCUT2D eigenvalue weighted by atomic mass is 19.4. The van der Waals surface area contributed by atoms with Crippen molar-refractivity contribution in [2.75, 3.05) is 0 Å². The Bertz CT molecular complexity index is 652. The number of halogens is 5. The number of aryl methyl sites for hydroxylation is 1. The van der Waals surface area contributed by atoms with Gasteiger partial charge < -0.3 is 9.47 Å². The minimum absolute atomic E-state index is 0.0878. The van der Waals surface area contributed by atoms with Gasteiger partial charge in [-0.25, -0.2) is 0 Å². The lowest BCUT2D eigenvalue weighted by molar-refractivity contribution is -0.360. The van der Waals surface area contributed by atoms with E-state index in [0.29, 0.717) is 5.75 Å². The van der Waals surface area contributed by atoms with E-state index in [0.717, 1.165) is 17.7 Å². The molecule has 2 nitrogen and oxygen atoms in total. The van der Waals surface area contributed by atoms with E-state index in [4.69, 9.17) is 4.74 Å². The zero-order chi connectivity index (χ0) is 16.4. The lowest BCUT2D eigenvalue weighted by Gasteiger charge is -2.20. The molecule has 2 aromatic carbocycles. The summed E-state index contributed by atoms with van der Waals surface area (Å²) < 4.78 is 71.2. The molecule has 0 heterocycles. The van der Waals surface area contributed by atoms with Crippen molar-refractivity contribution in [2.24, 2.45) is 0 Å². The Morgan fingerprint density at radius 3 is 2.09 bits per heavy atom. The van der Waals surface area contributed by atoms with E-state index in [-0.39, 0.29) is 5.75 Å². The number of para-hydroxylation sites is 1.